The Morgan fingerprint density at radius 1 is 0.818 bits per heavy atom. The molecule has 22 heavy (non-hydrogen) atoms. The van der Waals surface area contributed by atoms with Crippen LogP contribution in [-0.2, 0) is 15.2 Å². The predicted molar refractivity (Wildman–Crippen MR) is 97.7 cm³/mol. The van der Waals surface area contributed by atoms with Gasteiger partial charge in [0.2, 0.25) is 16.3 Å². The summed E-state index contributed by atoms with van der Waals surface area (Å²) in [6.45, 7) is 2.21. The molecule has 0 aromatic carbocycles. The summed E-state index contributed by atoms with van der Waals surface area (Å²) in [5.74, 6) is 0. The lowest BCUT2D eigenvalue weighted by Gasteiger charge is -2.32. The van der Waals surface area contributed by atoms with Crippen molar-refractivity contribution in [1.29, 1.82) is 0 Å². The molecule has 0 aliphatic carbocycles. The minimum atomic E-state index is -2.17. The Bertz CT molecular complexity index is 527. The van der Waals surface area contributed by atoms with Crippen LogP contribution >= 0.6 is 116 Å². The molecule has 3 nitrogen and oxygen atoms in total. The lowest BCUT2D eigenvalue weighted by molar-refractivity contribution is 0.542. The smallest absolute Gasteiger partial charge is 0.228 e. The van der Waals surface area contributed by atoms with E-state index in [1.807, 2.05) is 6.92 Å². The summed E-state index contributed by atoms with van der Waals surface area (Å²) in [6.07, 6.45) is 0.644. The Balaban J connectivity index is 3.64. The molecule has 0 aliphatic heterocycles. The standard InChI is InChI=1S/C9H7Cl10N3/c1-2-3-22-5(7(12,13)9(17,18)19)4(20-21-22)6(10,11)8(14,15)16/h2-3H2,1H3. The summed E-state index contributed by atoms with van der Waals surface area (Å²) >= 11 is 59.5. The van der Waals surface area contributed by atoms with Crippen molar-refractivity contribution >= 4 is 116 Å². The highest BCUT2D eigenvalue weighted by atomic mass is 35.6. The lowest BCUT2D eigenvalue weighted by Crippen LogP contribution is -2.37. The van der Waals surface area contributed by atoms with Crippen molar-refractivity contribution in [2.75, 3.05) is 0 Å². The van der Waals surface area contributed by atoms with Crippen LogP contribution in [0.15, 0.2) is 0 Å². The van der Waals surface area contributed by atoms with E-state index in [1.54, 1.807) is 0 Å². The van der Waals surface area contributed by atoms with Gasteiger partial charge in [-0.05, 0) is 6.42 Å². The molecule has 0 unspecified atom stereocenters. The summed E-state index contributed by atoms with van der Waals surface area (Å²) < 4.78 is -7.28. The SMILES string of the molecule is CCCn1nnc(C(Cl)(Cl)C(Cl)(Cl)Cl)c1C(Cl)(Cl)C(Cl)(Cl)Cl. The van der Waals surface area contributed by atoms with Crippen LogP contribution in [0, 0.1) is 0 Å². The van der Waals surface area contributed by atoms with Gasteiger partial charge in [0.25, 0.3) is 0 Å². The van der Waals surface area contributed by atoms with E-state index in [0.717, 1.165) is 0 Å². The largest absolute Gasteiger partial charge is 0.246 e. The second kappa shape index (κ2) is 7.34. The molecule has 0 aliphatic rings. The number of hydrogen-bond acceptors (Lipinski definition) is 2. The lowest BCUT2D eigenvalue weighted by atomic mass is 10.2. The first kappa shape index (κ1) is 22.1. The number of alkyl halides is 10. The first-order valence-corrected chi connectivity index (χ1v) is 9.29. The Morgan fingerprint density at radius 3 is 1.64 bits per heavy atom. The van der Waals surface area contributed by atoms with Crippen molar-refractivity contribution < 1.29 is 0 Å². The molecule has 0 saturated carbocycles. The third kappa shape index (κ3) is 4.23. The zero-order chi connectivity index (χ0) is 17.6. The number of hydrogen-bond donors (Lipinski definition) is 0. The molecule has 1 aromatic heterocycles. The van der Waals surface area contributed by atoms with Crippen LogP contribution in [0.2, 0.25) is 0 Å². The highest BCUT2D eigenvalue weighted by Gasteiger charge is 2.58. The van der Waals surface area contributed by atoms with Crippen LogP contribution < -0.4 is 0 Å². The quantitative estimate of drug-likeness (QED) is 0.422. The monoisotopic (exact) mass is 507 g/mol. The van der Waals surface area contributed by atoms with Crippen LogP contribution in [-0.4, -0.2) is 22.6 Å². The molecule has 0 atom stereocenters. The Morgan fingerprint density at radius 2 is 1.27 bits per heavy atom. The van der Waals surface area contributed by atoms with Gasteiger partial charge in [-0.2, -0.15) is 0 Å². The van der Waals surface area contributed by atoms with Gasteiger partial charge in [0.15, 0.2) is 0 Å². The molecular formula is C9H7Cl10N3. The summed E-state index contributed by atoms with van der Waals surface area (Å²) in [7, 11) is 0. The normalized spacial score (nSPS) is 14.5. The predicted octanol–water partition coefficient (Wildman–Crippen LogP) is 6.69. The minimum Gasteiger partial charge on any atom is -0.246 e. The van der Waals surface area contributed by atoms with Crippen molar-refractivity contribution in [1.82, 2.24) is 15.0 Å². The fraction of sp³-hybridized carbons (Fsp3) is 0.778. The van der Waals surface area contributed by atoms with E-state index in [4.69, 9.17) is 116 Å². The van der Waals surface area contributed by atoms with Crippen LogP contribution in [0.4, 0.5) is 0 Å². The summed E-state index contributed by atoms with van der Waals surface area (Å²) in [5, 5.41) is 7.65. The zero-order valence-corrected chi connectivity index (χ0v) is 18.1. The summed E-state index contributed by atoms with van der Waals surface area (Å²) in [4.78, 5) is 0. The topological polar surface area (TPSA) is 30.7 Å². The van der Waals surface area contributed by atoms with Gasteiger partial charge < -0.3 is 0 Å². The second-order valence-electron chi connectivity index (χ2n) is 4.15. The molecule has 0 amide bonds. The maximum absolute atomic E-state index is 6.20. The van der Waals surface area contributed by atoms with Gasteiger partial charge in [0, 0.05) is 6.54 Å². The summed E-state index contributed by atoms with van der Waals surface area (Å²) in [5.41, 5.74) is -0.297. The third-order valence-corrected chi connectivity index (χ3v) is 7.19. The molecule has 1 rings (SSSR count). The maximum Gasteiger partial charge on any atom is 0.228 e. The zero-order valence-electron chi connectivity index (χ0n) is 10.5. The highest BCUT2D eigenvalue weighted by Crippen LogP contribution is 2.59. The molecule has 128 valence electrons. The van der Waals surface area contributed by atoms with Crippen molar-refractivity contribution in [3.05, 3.63) is 11.4 Å². The van der Waals surface area contributed by atoms with Crippen LogP contribution in [0.25, 0.3) is 0 Å². The van der Waals surface area contributed by atoms with Crippen molar-refractivity contribution in [2.24, 2.45) is 0 Å². The summed E-state index contributed by atoms with van der Waals surface area (Å²) in [6, 6.07) is 0. The fourth-order valence-corrected chi connectivity index (χ4v) is 2.64. The van der Waals surface area contributed by atoms with Crippen LogP contribution in [0.3, 0.4) is 0 Å². The van der Waals surface area contributed by atoms with Gasteiger partial charge >= 0.3 is 0 Å². The number of nitrogens with zero attached hydrogens (tertiary/aromatic N) is 3. The molecule has 0 radical (unpaired) electrons. The first-order chi connectivity index (χ1) is 9.68. The van der Waals surface area contributed by atoms with Crippen LogP contribution in [0.1, 0.15) is 24.7 Å². The first-order valence-electron chi connectivity index (χ1n) is 5.51. The average molecular weight is 512 g/mol. The average Bonchev–Trinajstić information content (AvgIpc) is 2.71. The Kier molecular flexibility index (Phi) is 7.37. The van der Waals surface area contributed by atoms with Gasteiger partial charge in [-0.1, -0.05) is 128 Å². The van der Waals surface area contributed by atoms with Crippen molar-refractivity contribution in [2.45, 2.75) is 36.1 Å². The minimum absolute atomic E-state index is 0.0750. The fourth-order valence-electron chi connectivity index (χ4n) is 1.47. The number of aromatic nitrogens is 3. The van der Waals surface area contributed by atoms with Gasteiger partial charge in [-0.3, -0.25) is 0 Å². The maximum atomic E-state index is 6.20. The second-order valence-corrected chi connectivity index (χ2v) is 11.4. The molecule has 0 N–H and O–H groups in total. The van der Waals surface area contributed by atoms with Crippen LogP contribution in [0.5, 0.6) is 0 Å². The molecule has 0 fully saturated rings. The van der Waals surface area contributed by atoms with E-state index < -0.39 is 16.3 Å². The van der Waals surface area contributed by atoms with Gasteiger partial charge in [0.1, 0.15) is 11.4 Å². The molecule has 1 heterocycles. The van der Waals surface area contributed by atoms with E-state index in [2.05, 4.69) is 10.3 Å². The number of halogens is 10. The molecule has 0 saturated heterocycles. The molecule has 1 aromatic rings. The molecule has 0 spiro atoms. The third-order valence-electron chi connectivity index (χ3n) is 2.48. The van der Waals surface area contributed by atoms with Gasteiger partial charge in [-0.15, -0.1) is 5.10 Å². The van der Waals surface area contributed by atoms with E-state index in [1.165, 1.54) is 4.68 Å². The van der Waals surface area contributed by atoms with E-state index >= 15 is 0 Å². The highest BCUT2D eigenvalue weighted by molar-refractivity contribution is 6.76. The Hall–Kier alpha value is 2.04. The Labute approximate surface area is 177 Å². The van der Waals surface area contributed by atoms with Gasteiger partial charge in [-0.25, -0.2) is 4.68 Å². The van der Waals surface area contributed by atoms with Crippen molar-refractivity contribution in [3.8, 4) is 0 Å². The molecular weight excluding hydrogens is 505 g/mol. The number of aryl methyl sites for hydroxylation is 1. The van der Waals surface area contributed by atoms with E-state index in [0.29, 0.717) is 13.0 Å². The van der Waals surface area contributed by atoms with Crippen molar-refractivity contribution in [3.63, 3.8) is 0 Å². The van der Waals surface area contributed by atoms with Gasteiger partial charge in [0.05, 0.1) is 0 Å². The van der Waals surface area contributed by atoms with E-state index in [9.17, 15) is 0 Å². The number of rotatable bonds is 4. The van der Waals surface area contributed by atoms with E-state index in [-0.39, 0.29) is 11.4 Å². The molecule has 13 heteroatoms. The molecule has 0 bridgehead atoms.